The van der Waals surface area contributed by atoms with Crippen LogP contribution >= 0.6 is 0 Å². The molecule has 0 aromatic carbocycles. The molecule has 4 heteroatoms. The molecule has 0 aromatic rings. The van der Waals surface area contributed by atoms with E-state index >= 15 is 0 Å². The largest absolute Gasteiger partial charge is 0.481 e. The zero-order valence-electron chi connectivity index (χ0n) is 17.9. The van der Waals surface area contributed by atoms with Crippen molar-refractivity contribution in [2.24, 2.45) is 46.3 Å². The summed E-state index contributed by atoms with van der Waals surface area (Å²) in [6, 6.07) is 0. The minimum absolute atomic E-state index is 0.179. The Bertz CT molecular complexity index is 605. The second-order valence-electron chi connectivity index (χ2n) is 11.4. The molecule has 160 valence electrons. The van der Waals surface area contributed by atoms with Crippen LogP contribution in [0.4, 0.5) is 0 Å². The fourth-order valence-corrected chi connectivity index (χ4v) is 8.73. The number of aliphatic hydroxyl groups is 2. The molecule has 0 amide bonds. The first-order chi connectivity index (χ1) is 13.2. The molecule has 3 N–H and O–H groups in total. The molecule has 4 rings (SSSR count). The fraction of sp³-hybridized carbons (Fsp3) is 0.958. The van der Waals surface area contributed by atoms with E-state index in [2.05, 4.69) is 20.8 Å². The number of aliphatic carboxylic acids is 1. The molecular formula is C24H40O4. The Hall–Kier alpha value is -0.610. The van der Waals surface area contributed by atoms with Gasteiger partial charge in [0.2, 0.25) is 0 Å². The highest BCUT2D eigenvalue weighted by Crippen LogP contribution is 2.68. The number of hydrogen-bond donors (Lipinski definition) is 3. The van der Waals surface area contributed by atoms with Crippen LogP contribution in [0.2, 0.25) is 0 Å². The third kappa shape index (κ3) is 3.14. The maximum Gasteiger partial charge on any atom is 0.303 e. The summed E-state index contributed by atoms with van der Waals surface area (Å²) in [5.74, 6) is 2.36. The highest BCUT2D eigenvalue weighted by atomic mass is 16.4. The third-order valence-corrected chi connectivity index (χ3v) is 10.2. The second-order valence-corrected chi connectivity index (χ2v) is 11.4. The van der Waals surface area contributed by atoms with Gasteiger partial charge >= 0.3 is 5.97 Å². The van der Waals surface area contributed by atoms with Crippen molar-refractivity contribution in [2.75, 3.05) is 0 Å². The van der Waals surface area contributed by atoms with Gasteiger partial charge in [0.25, 0.3) is 0 Å². The lowest BCUT2D eigenvalue weighted by Crippen LogP contribution is -2.58. The van der Waals surface area contributed by atoms with Gasteiger partial charge in [-0.15, -0.1) is 0 Å². The Morgan fingerprint density at radius 3 is 2.39 bits per heavy atom. The van der Waals surface area contributed by atoms with E-state index in [1.807, 2.05) is 0 Å². The van der Waals surface area contributed by atoms with E-state index in [1.165, 1.54) is 25.7 Å². The van der Waals surface area contributed by atoms with Gasteiger partial charge in [0.1, 0.15) is 0 Å². The predicted molar refractivity (Wildman–Crippen MR) is 109 cm³/mol. The average Bonchev–Trinajstić information content (AvgIpc) is 2.98. The first-order valence-electron chi connectivity index (χ1n) is 11.7. The van der Waals surface area contributed by atoms with Crippen LogP contribution in [0.3, 0.4) is 0 Å². The topological polar surface area (TPSA) is 77.8 Å². The highest BCUT2D eigenvalue weighted by molar-refractivity contribution is 5.66. The van der Waals surface area contributed by atoms with Crippen LogP contribution in [-0.4, -0.2) is 33.5 Å². The fourth-order valence-electron chi connectivity index (χ4n) is 8.73. The van der Waals surface area contributed by atoms with Crippen LogP contribution in [-0.2, 0) is 4.79 Å². The number of rotatable bonds is 4. The SMILES string of the molecule is C[C@@H](CCC(=O)O)C1CCC2C3C(CC[C@@]21C)[C@@]1(C)CC[C@@H](O)C[C@H]1C[C@H]3O. The Balaban J connectivity index is 1.55. The van der Waals surface area contributed by atoms with E-state index in [1.54, 1.807) is 0 Å². The zero-order valence-corrected chi connectivity index (χ0v) is 17.9. The lowest BCUT2D eigenvalue weighted by Gasteiger charge is -2.62. The molecule has 0 heterocycles. The maximum atomic E-state index is 11.2. The summed E-state index contributed by atoms with van der Waals surface area (Å²) in [6.07, 6.45) is 9.19. The quantitative estimate of drug-likeness (QED) is 0.659. The first-order valence-corrected chi connectivity index (χ1v) is 11.7. The summed E-state index contributed by atoms with van der Waals surface area (Å²) in [4.78, 5) is 11.1. The van der Waals surface area contributed by atoms with Gasteiger partial charge in [-0.1, -0.05) is 20.8 Å². The van der Waals surface area contributed by atoms with Gasteiger partial charge in [0, 0.05) is 6.42 Å². The Kier molecular flexibility index (Phi) is 5.36. The Morgan fingerprint density at radius 1 is 1.00 bits per heavy atom. The van der Waals surface area contributed by atoms with Gasteiger partial charge in [0.15, 0.2) is 0 Å². The molecule has 0 radical (unpaired) electrons. The maximum absolute atomic E-state index is 11.2. The monoisotopic (exact) mass is 392 g/mol. The van der Waals surface area contributed by atoms with E-state index in [0.29, 0.717) is 35.5 Å². The van der Waals surface area contributed by atoms with Crippen molar-refractivity contribution in [3.05, 3.63) is 0 Å². The van der Waals surface area contributed by atoms with Gasteiger partial charge < -0.3 is 15.3 Å². The van der Waals surface area contributed by atoms with Crippen LogP contribution in [0.25, 0.3) is 0 Å². The smallest absolute Gasteiger partial charge is 0.303 e. The lowest BCUT2D eigenvalue weighted by molar-refractivity contribution is -0.174. The summed E-state index contributed by atoms with van der Waals surface area (Å²) >= 11 is 0. The molecule has 0 spiro atoms. The van der Waals surface area contributed by atoms with Crippen molar-refractivity contribution in [1.29, 1.82) is 0 Å². The zero-order chi connectivity index (χ0) is 20.3. The van der Waals surface area contributed by atoms with Crippen molar-refractivity contribution in [3.63, 3.8) is 0 Å². The van der Waals surface area contributed by atoms with E-state index in [-0.39, 0.29) is 29.5 Å². The van der Waals surface area contributed by atoms with Crippen molar-refractivity contribution in [1.82, 2.24) is 0 Å². The Morgan fingerprint density at radius 2 is 1.68 bits per heavy atom. The number of hydrogen-bond acceptors (Lipinski definition) is 3. The molecule has 0 bridgehead atoms. The third-order valence-electron chi connectivity index (χ3n) is 10.2. The highest BCUT2D eigenvalue weighted by Gasteiger charge is 2.62. The van der Waals surface area contributed by atoms with Crippen molar-refractivity contribution >= 4 is 5.97 Å². The van der Waals surface area contributed by atoms with Crippen molar-refractivity contribution in [2.45, 2.75) is 97.2 Å². The summed E-state index contributed by atoms with van der Waals surface area (Å²) in [6.45, 7) is 7.16. The molecule has 4 aliphatic rings. The molecule has 0 aliphatic heterocycles. The number of carbonyl (C=O) groups is 1. The van der Waals surface area contributed by atoms with Crippen LogP contribution in [0.15, 0.2) is 0 Å². The minimum atomic E-state index is -0.684. The first kappa shape index (κ1) is 20.7. The van der Waals surface area contributed by atoms with Crippen LogP contribution in [0, 0.1) is 46.3 Å². The molecule has 28 heavy (non-hydrogen) atoms. The molecule has 4 unspecified atom stereocenters. The molecular weight excluding hydrogens is 352 g/mol. The minimum Gasteiger partial charge on any atom is -0.481 e. The van der Waals surface area contributed by atoms with Gasteiger partial charge in [-0.3, -0.25) is 4.79 Å². The normalized spacial score (nSPS) is 51.7. The van der Waals surface area contributed by atoms with E-state index < -0.39 is 5.97 Å². The van der Waals surface area contributed by atoms with Gasteiger partial charge in [-0.25, -0.2) is 0 Å². The standard InChI is InChI=1S/C24H40O4/c1-14(4-7-21(27)28)17-5-6-18-22-19(9-11-24(17,18)3)23(2)10-8-16(25)12-15(23)13-20(22)26/h14-20,22,25-26H,4-13H2,1-3H3,(H,27,28)/t14-,15-,16+,17?,18?,19?,20+,22?,23-,24+/m0/s1. The number of aliphatic hydroxyl groups excluding tert-OH is 2. The summed E-state index contributed by atoms with van der Waals surface area (Å²) in [5.41, 5.74) is 0.523. The van der Waals surface area contributed by atoms with Gasteiger partial charge in [0.05, 0.1) is 12.2 Å². The van der Waals surface area contributed by atoms with E-state index in [0.717, 1.165) is 32.1 Å². The van der Waals surface area contributed by atoms with Crippen LogP contribution in [0.5, 0.6) is 0 Å². The summed E-state index contributed by atoms with van der Waals surface area (Å²) in [5, 5.41) is 30.5. The molecule has 4 fully saturated rings. The molecule has 4 nitrogen and oxygen atoms in total. The second kappa shape index (κ2) is 7.27. The predicted octanol–water partition coefficient (Wildman–Crippen LogP) is 4.48. The summed E-state index contributed by atoms with van der Waals surface area (Å²) < 4.78 is 0. The molecule has 4 saturated carbocycles. The van der Waals surface area contributed by atoms with Gasteiger partial charge in [-0.05, 0) is 104 Å². The number of carboxylic acids is 1. The van der Waals surface area contributed by atoms with E-state index in [4.69, 9.17) is 5.11 Å². The molecule has 0 aromatic heterocycles. The number of carboxylic acid groups (broad SMARTS) is 1. The molecule has 10 atom stereocenters. The number of fused-ring (bicyclic) bond motifs is 5. The molecule has 4 aliphatic carbocycles. The van der Waals surface area contributed by atoms with Crippen LogP contribution < -0.4 is 0 Å². The average molecular weight is 393 g/mol. The summed E-state index contributed by atoms with van der Waals surface area (Å²) in [7, 11) is 0. The molecule has 0 saturated heterocycles. The lowest BCUT2D eigenvalue weighted by atomic mass is 9.43. The van der Waals surface area contributed by atoms with Crippen molar-refractivity contribution in [3.8, 4) is 0 Å². The van der Waals surface area contributed by atoms with Gasteiger partial charge in [-0.2, -0.15) is 0 Å². The Labute approximate surface area is 170 Å². The van der Waals surface area contributed by atoms with E-state index in [9.17, 15) is 15.0 Å². The van der Waals surface area contributed by atoms with Crippen LogP contribution in [0.1, 0.15) is 85.0 Å². The van der Waals surface area contributed by atoms with Crippen molar-refractivity contribution < 1.29 is 20.1 Å².